The van der Waals surface area contributed by atoms with Gasteiger partial charge in [0.2, 0.25) is 0 Å². The summed E-state index contributed by atoms with van der Waals surface area (Å²) in [5.74, 6) is 0. The van der Waals surface area contributed by atoms with Gasteiger partial charge in [0.25, 0.3) is 5.69 Å². The summed E-state index contributed by atoms with van der Waals surface area (Å²) < 4.78 is 33.2. The molecule has 0 radical (unpaired) electrons. The monoisotopic (exact) mass is 318 g/mol. The number of ether oxygens (including phenoxy) is 1. The van der Waals surface area contributed by atoms with Crippen LogP contribution in [-0.2, 0) is 19.1 Å². The molecular formula is C11H14N2O7S. The fraction of sp³-hybridized carbons (Fsp3) is 0.364. The molecule has 0 saturated heterocycles. The van der Waals surface area contributed by atoms with Crippen LogP contribution in [0.5, 0.6) is 0 Å². The van der Waals surface area contributed by atoms with Gasteiger partial charge < -0.3 is 4.74 Å². The van der Waals surface area contributed by atoms with E-state index in [9.17, 15) is 23.3 Å². The van der Waals surface area contributed by atoms with Crippen molar-refractivity contribution in [2.45, 2.75) is 18.7 Å². The quantitative estimate of drug-likeness (QED) is 0.578. The second-order valence-electron chi connectivity index (χ2n) is 3.67. The molecule has 0 atom stereocenters. The van der Waals surface area contributed by atoms with Crippen LogP contribution in [0, 0.1) is 10.1 Å². The maximum absolute atomic E-state index is 11.9. The Morgan fingerprint density at radius 1 is 1.29 bits per heavy atom. The van der Waals surface area contributed by atoms with Gasteiger partial charge in [0.1, 0.15) is 0 Å². The van der Waals surface area contributed by atoms with Crippen molar-refractivity contribution in [2.24, 2.45) is 0 Å². The van der Waals surface area contributed by atoms with Crippen molar-refractivity contribution in [3.63, 3.8) is 0 Å². The van der Waals surface area contributed by atoms with Gasteiger partial charge in [0.05, 0.1) is 23.0 Å². The van der Waals surface area contributed by atoms with E-state index in [2.05, 4.69) is 9.02 Å². The van der Waals surface area contributed by atoms with E-state index < -0.39 is 21.1 Å². The molecule has 1 rings (SSSR count). The van der Waals surface area contributed by atoms with Crippen molar-refractivity contribution in [3.8, 4) is 0 Å². The Morgan fingerprint density at radius 3 is 2.29 bits per heavy atom. The molecular weight excluding hydrogens is 304 g/mol. The van der Waals surface area contributed by atoms with Crippen LogP contribution in [0.25, 0.3) is 0 Å². The van der Waals surface area contributed by atoms with Gasteiger partial charge in [0, 0.05) is 12.1 Å². The molecule has 0 fully saturated rings. The Hall–Kier alpha value is -2.20. The summed E-state index contributed by atoms with van der Waals surface area (Å²) in [7, 11) is -4.27. The lowest BCUT2D eigenvalue weighted by molar-refractivity contribution is -0.384. The lowest BCUT2D eigenvalue weighted by Crippen LogP contribution is -2.34. The third kappa shape index (κ3) is 4.39. The topological polar surface area (TPSA) is 116 Å². The maximum atomic E-state index is 11.9. The summed E-state index contributed by atoms with van der Waals surface area (Å²) in [5, 5.41) is 11.0. The van der Waals surface area contributed by atoms with Gasteiger partial charge in [-0.15, -0.1) is 4.28 Å². The van der Waals surface area contributed by atoms with E-state index in [4.69, 9.17) is 0 Å². The molecule has 0 aromatic heterocycles. The molecule has 0 spiro atoms. The number of benzene rings is 1. The average molecular weight is 318 g/mol. The van der Waals surface area contributed by atoms with Crippen LogP contribution < -0.4 is 0 Å². The number of non-ortho nitro benzene ring substituents is 1. The van der Waals surface area contributed by atoms with Gasteiger partial charge in [-0.2, -0.15) is 13.5 Å². The number of carbonyl (C=O) groups is 1. The molecule has 0 bridgehead atoms. The molecule has 0 N–H and O–H groups in total. The zero-order valence-corrected chi connectivity index (χ0v) is 12.2. The van der Waals surface area contributed by atoms with Crippen LogP contribution in [0.3, 0.4) is 0 Å². The van der Waals surface area contributed by atoms with Crippen LogP contribution in [0.15, 0.2) is 29.2 Å². The van der Waals surface area contributed by atoms with E-state index in [1.165, 1.54) is 6.92 Å². The number of rotatable bonds is 6. The van der Waals surface area contributed by atoms with Crippen molar-refractivity contribution in [1.82, 2.24) is 5.06 Å². The zero-order valence-electron chi connectivity index (χ0n) is 11.4. The molecule has 0 saturated carbocycles. The predicted octanol–water partition coefficient (Wildman–Crippen LogP) is 1.69. The van der Waals surface area contributed by atoms with E-state index in [0.29, 0.717) is 5.06 Å². The van der Waals surface area contributed by atoms with Gasteiger partial charge in [-0.25, -0.2) is 4.79 Å². The third-order valence-electron chi connectivity index (χ3n) is 2.28. The first-order chi connectivity index (χ1) is 9.81. The van der Waals surface area contributed by atoms with Gasteiger partial charge in [-0.3, -0.25) is 10.1 Å². The number of hydroxylamine groups is 2. The number of nitro groups is 1. The van der Waals surface area contributed by atoms with Crippen molar-refractivity contribution in [2.75, 3.05) is 13.2 Å². The molecule has 21 heavy (non-hydrogen) atoms. The zero-order chi connectivity index (χ0) is 16.0. The summed E-state index contributed by atoms with van der Waals surface area (Å²) in [4.78, 5) is 21.0. The molecule has 0 aliphatic heterocycles. The SMILES string of the molecule is CCOC(=O)N(CC)OS(=O)(=O)c1ccc([N+](=O)[O-])cc1. The van der Waals surface area contributed by atoms with Crippen LogP contribution >= 0.6 is 0 Å². The van der Waals surface area contributed by atoms with Gasteiger partial charge in [-0.05, 0) is 26.0 Å². The number of nitrogens with zero attached hydrogens (tertiary/aromatic N) is 2. The average Bonchev–Trinajstić information content (AvgIpc) is 2.45. The van der Waals surface area contributed by atoms with Gasteiger partial charge in [0.15, 0.2) is 0 Å². The minimum absolute atomic E-state index is 0.0506. The first-order valence-corrected chi connectivity index (χ1v) is 7.36. The molecule has 1 aromatic carbocycles. The van der Waals surface area contributed by atoms with Crippen LogP contribution in [0.2, 0.25) is 0 Å². The minimum Gasteiger partial charge on any atom is -0.448 e. The molecule has 116 valence electrons. The van der Waals surface area contributed by atoms with Crippen molar-refractivity contribution >= 4 is 21.9 Å². The molecule has 0 unspecified atom stereocenters. The molecule has 1 amide bonds. The van der Waals surface area contributed by atoms with Crippen LogP contribution in [0.1, 0.15) is 13.8 Å². The summed E-state index contributed by atoms with van der Waals surface area (Å²) in [6, 6.07) is 4.09. The molecule has 0 aliphatic rings. The Bertz CT molecular complexity index is 612. The highest BCUT2D eigenvalue weighted by Crippen LogP contribution is 2.18. The number of carbonyl (C=O) groups excluding carboxylic acids is 1. The molecule has 9 nitrogen and oxygen atoms in total. The standard InChI is InChI=1S/C11H14N2O7S/c1-3-12(11(14)19-4-2)20-21(17,18)10-7-5-9(6-8-10)13(15)16/h5-8H,3-4H2,1-2H3. The van der Waals surface area contributed by atoms with Gasteiger partial charge >= 0.3 is 16.2 Å². The first-order valence-electron chi connectivity index (χ1n) is 5.95. The molecule has 10 heteroatoms. The number of hydrogen-bond donors (Lipinski definition) is 0. The normalized spacial score (nSPS) is 11.0. The lowest BCUT2D eigenvalue weighted by Gasteiger charge is -2.18. The van der Waals surface area contributed by atoms with E-state index in [0.717, 1.165) is 24.3 Å². The smallest absolute Gasteiger partial charge is 0.435 e. The second kappa shape index (κ2) is 6.99. The summed E-state index contributed by atoms with van der Waals surface area (Å²) in [6.07, 6.45) is -0.939. The predicted molar refractivity (Wildman–Crippen MR) is 70.8 cm³/mol. The Morgan fingerprint density at radius 2 is 1.86 bits per heavy atom. The third-order valence-corrected chi connectivity index (χ3v) is 3.51. The van der Waals surface area contributed by atoms with E-state index >= 15 is 0 Å². The summed E-state index contributed by atoms with van der Waals surface area (Å²) in [6.45, 7) is 3.08. The van der Waals surface area contributed by atoms with Crippen LogP contribution in [-0.4, -0.2) is 37.6 Å². The van der Waals surface area contributed by atoms with Crippen molar-refractivity contribution in [1.29, 1.82) is 0 Å². The fourth-order valence-corrected chi connectivity index (χ4v) is 2.26. The fourth-order valence-electron chi connectivity index (χ4n) is 1.30. The summed E-state index contributed by atoms with van der Waals surface area (Å²) >= 11 is 0. The Kier molecular flexibility index (Phi) is 5.61. The van der Waals surface area contributed by atoms with Crippen LogP contribution in [0.4, 0.5) is 10.5 Å². The maximum Gasteiger partial charge on any atom is 0.435 e. The van der Waals surface area contributed by atoms with E-state index in [-0.39, 0.29) is 23.7 Å². The largest absolute Gasteiger partial charge is 0.448 e. The highest BCUT2D eigenvalue weighted by molar-refractivity contribution is 7.86. The highest BCUT2D eigenvalue weighted by atomic mass is 32.2. The molecule has 0 heterocycles. The van der Waals surface area contributed by atoms with Gasteiger partial charge in [-0.1, -0.05) is 0 Å². The van der Waals surface area contributed by atoms with Crippen molar-refractivity contribution < 1.29 is 27.2 Å². The Balaban J connectivity index is 2.94. The molecule has 0 aliphatic carbocycles. The van der Waals surface area contributed by atoms with Crippen molar-refractivity contribution in [3.05, 3.63) is 34.4 Å². The number of amides is 1. The molecule has 1 aromatic rings. The number of nitro benzene ring substituents is 1. The second-order valence-corrected chi connectivity index (χ2v) is 5.20. The van der Waals surface area contributed by atoms with E-state index in [1.807, 2.05) is 0 Å². The minimum atomic E-state index is -4.27. The number of hydrogen-bond acceptors (Lipinski definition) is 7. The lowest BCUT2D eigenvalue weighted by atomic mass is 10.3. The first kappa shape index (κ1) is 16.9. The summed E-state index contributed by atoms with van der Waals surface area (Å²) in [5.41, 5.74) is -0.258. The Labute approximate surface area is 121 Å². The van der Waals surface area contributed by atoms with E-state index in [1.54, 1.807) is 6.92 Å². The highest BCUT2D eigenvalue weighted by Gasteiger charge is 2.24.